The van der Waals surface area contributed by atoms with E-state index in [1.807, 2.05) is 0 Å². The summed E-state index contributed by atoms with van der Waals surface area (Å²) in [5.74, 6) is 0.404. The number of nitrogens with zero attached hydrogens (tertiary/aromatic N) is 1. The normalized spacial score (nSPS) is 39.6. The Kier molecular flexibility index (Phi) is 4.37. The first-order chi connectivity index (χ1) is 9.62. The number of hydrogen-bond acceptors (Lipinski definition) is 4. The summed E-state index contributed by atoms with van der Waals surface area (Å²) in [6.45, 7) is 4.57. The second-order valence-corrected chi connectivity index (χ2v) is 7.09. The molecule has 2 atom stereocenters. The molecule has 0 bridgehead atoms. The van der Waals surface area contributed by atoms with Crippen molar-refractivity contribution in [3.8, 4) is 0 Å². The van der Waals surface area contributed by atoms with Crippen molar-refractivity contribution < 1.29 is 14.6 Å². The van der Waals surface area contributed by atoms with E-state index in [0.29, 0.717) is 5.92 Å². The average molecular weight is 283 g/mol. The second kappa shape index (κ2) is 5.91. The van der Waals surface area contributed by atoms with Gasteiger partial charge in [0.1, 0.15) is 0 Å². The van der Waals surface area contributed by atoms with Crippen LogP contribution in [0.1, 0.15) is 44.9 Å². The monoisotopic (exact) mass is 283 g/mol. The van der Waals surface area contributed by atoms with E-state index in [9.17, 15) is 5.11 Å². The molecule has 1 N–H and O–H groups in total. The van der Waals surface area contributed by atoms with Crippen LogP contribution in [0.25, 0.3) is 0 Å². The van der Waals surface area contributed by atoms with Crippen LogP contribution < -0.4 is 0 Å². The van der Waals surface area contributed by atoms with Crippen molar-refractivity contribution in [1.82, 2.24) is 4.90 Å². The highest BCUT2D eigenvalue weighted by molar-refractivity contribution is 4.97. The summed E-state index contributed by atoms with van der Waals surface area (Å²) in [6.07, 6.45) is 7.02. The zero-order valence-electron chi connectivity index (χ0n) is 12.8. The third kappa shape index (κ3) is 3.03. The van der Waals surface area contributed by atoms with Gasteiger partial charge < -0.3 is 19.5 Å². The van der Waals surface area contributed by atoms with Crippen LogP contribution in [0.5, 0.6) is 0 Å². The number of hydrogen-bond donors (Lipinski definition) is 1. The molecule has 0 aromatic carbocycles. The van der Waals surface area contributed by atoms with Crippen molar-refractivity contribution in [3.05, 3.63) is 0 Å². The molecule has 116 valence electrons. The van der Waals surface area contributed by atoms with Crippen molar-refractivity contribution in [1.29, 1.82) is 0 Å². The van der Waals surface area contributed by atoms with Crippen molar-refractivity contribution in [2.24, 2.45) is 5.92 Å². The molecule has 0 saturated carbocycles. The lowest BCUT2D eigenvalue weighted by atomic mass is 9.70. The minimum Gasteiger partial charge on any atom is -0.390 e. The number of likely N-dealkylation sites (tertiary alicyclic amines) is 1. The fraction of sp³-hybridized carbons (Fsp3) is 1.00. The number of rotatable bonds is 1. The SMILES string of the molecule is CN1CCCC(O)(C2CCOC3(CCOCC3)C2)CC1. The summed E-state index contributed by atoms with van der Waals surface area (Å²) >= 11 is 0. The predicted molar refractivity (Wildman–Crippen MR) is 77.8 cm³/mol. The van der Waals surface area contributed by atoms with Crippen molar-refractivity contribution >= 4 is 0 Å². The molecular weight excluding hydrogens is 254 g/mol. The first kappa shape index (κ1) is 14.8. The second-order valence-electron chi connectivity index (χ2n) is 7.09. The summed E-state index contributed by atoms with van der Waals surface area (Å²) in [5.41, 5.74) is -0.477. The van der Waals surface area contributed by atoms with Gasteiger partial charge in [-0.1, -0.05) is 0 Å². The van der Waals surface area contributed by atoms with Gasteiger partial charge in [0.05, 0.1) is 11.2 Å². The molecule has 4 nitrogen and oxygen atoms in total. The van der Waals surface area contributed by atoms with Gasteiger partial charge in [0, 0.05) is 26.4 Å². The van der Waals surface area contributed by atoms with Crippen molar-refractivity contribution in [3.63, 3.8) is 0 Å². The van der Waals surface area contributed by atoms with Gasteiger partial charge in [-0.05, 0) is 64.5 Å². The largest absolute Gasteiger partial charge is 0.390 e. The summed E-state index contributed by atoms with van der Waals surface area (Å²) in [6, 6.07) is 0. The zero-order chi connectivity index (χ0) is 14.1. The Hall–Kier alpha value is -0.160. The average Bonchev–Trinajstić information content (AvgIpc) is 2.63. The molecule has 0 aromatic heterocycles. The minimum atomic E-state index is -0.472. The highest BCUT2D eigenvalue weighted by Crippen LogP contribution is 2.44. The lowest BCUT2D eigenvalue weighted by Crippen LogP contribution is -2.51. The lowest BCUT2D eigenvalue weighted by Gasteiger charge is -2.48. The number of ether oxygens (including phenoxy) is 2. The molecule has 3 fully saturated rings. The van der Waals surface area contributed by atoms with Crippen LogP contribution in [0.3, 0.4) is 0 Å². The molecule has 20 heavy (non-hydrogen) atoms. The van der Waals surface area contributed by atoms with Crippen LogP contribution >= 0.6 is 0 Å². The van der Waals surface area contributed by atoms with Crippen molar-refractivity contribution in [2.75, 3.05) is 40.0 Å². The van der Waals surface area contributed by atoms with Gasteiger partial charge >= 0.3 is 0 Å². The van der Waals surface area contributed by atoms with Gasteiger partial charge in [-0.2, -0.15) is 0 Å². The molecular formula is C16H29NO3. The van der Waals surface area contributed by atoms with Crippen LogP contribution in [0, 0.1) is 5.92 Å². The molecule has 3 heterocycles. The van der Waals surface area contributed by atoms with Gasteiger partial charge in [-0.3, -0.25) is 0 Å². The van der Waals surface area contributed by atoms with E-state index >= 15 is 0 Å². The van der Waals surface area contributed by atoms with E-state index in [-0.39, 0.29) is 5.60 Å². The summed E-state index contributed by atoms with van der Waals surface area (Å²) in [7, 11) is 2.16. The molecule has 0 aromatic rings. The van der Waals surface area contributed by atoms with E-state index in [2.05, 4.69) is 11.9 Å². The molecule has 1 spiro atoms. The minimum absolute atomic E-state index is 0.00486. The molecule has 3 aliphatic heterocycles. The Morgan fingerprint density at radius 1 is 1.05 bits per heavy atom. The Morgan fingerprint density at radius 2 is 1.85 bits per heavy atom. The molecule has 2 unspecified atom stereocenters. The highest BCUT2D eigenvalue weighted by Gasteiger charge is 2.46. The van der Waals surface area contributed by atoms with E-state index < -0.39 is 5.60 Å². The maximum atomic E-state index is 11.2. The van der Waals surface area contributed by atoms with E-state index in [0.717, 1.165) is 77.9 Å². The van der Waals surface area contributed by atoms with Crippen LogP contribution in [-0.4, -0.2) is 61.2 Å². The van der Waals surface area contributed by atoms with Gasteiger partial charge in [0.2, 0.25) is 0 Å². The molecule has 0 amide bonds. The molecule has 3 aliphatic rings. The van der Waals surface area contributed by atoms with Crippen LogP contribution in [0.15, 0.2) is 0 Å². The van der Waals surface area contributed by atoms with Gasteiger partial charge in [0.15, 0.2) is 0 Å². The van der Waals surface area contributed by atoms with Crippen LogP contribution in [0.4, 0.5) is 0 Å². The first-order valence-electron chi connectivity index (χ1n) is 8.25. The quantitative estimate of drug-likeness (QED) is 0.797. The van der Waals surface area contributed by atoms with E-state index in [4.69, 9.17) is 9.47 Å². The molecule has 3 saturated heterocycles. The molecule has 0 radical (unpaired) electrons. The first-order valence-corrected chi connectivity index (χ1v) is 8.25. The molecule has 4 heteroatoms. The van der Waals surface area contributed by atoms with E-state index in [1.54, 1.807) is 0 Å². The highest BCUT2D eigenvalue weighted by atomic mass is 16.5. The van der Waals surface area contributed by atoms with Gasteiger partial charge in [-0.15, -0.1) is 0 Å². The number of aliphatic hydroxyl groups is 1. The molecule has 3 rings (SSSR count). The Morgan fingerprint density at radius 3 is 2.65 bits per heavy atom. The third-order valence-corrected chi connectivity index (χ3v) is 5.73. The fourth-order valence-corrected chi connectivity index (χ4v) is 4.26. The lowest BCUT2D eigenvalue weighted by molar-refractivity contribution is -0.177. The fourth-order valence-electron chi connectivity index (χ4n) is 4.26. The zero-order valence-corrected chi connectivity index (χ0v) is 12.8. The van der Waals surface area contributed by atoms with Crippen LogP contribution in [0.2, 0.25) is 0 Å². The standard InChI is InChI=1S/C16H29NO3/c1-17-8-2-4-16(18,5-9-17)14-3-10-20-15(13-14)6-11-19-12-7-15/h14,18H,2-13H2,1H3. The summed E-state index contributed by atoms with van der Waals surface area (Å²) in [4.78, 5) is 2.35. The van der Waals surface area contributed by atoms with Gasteiger partial charge in [0.25, 0.3) is 0 Å². The molecule has 0 aliphatic carbocycles. The van der Waals surface area contributed by atoms with E-state index in [1.165, 1.54) is 0 Å². The van der Waals surface area contributed by atoms with Crippen LogP contribution in [-0.2, 0) is 9.47 Å². The third-order valence-electron chi connectivity index (χ3n) is 5.73. The Labute approximate surface area is 122 Å². The maximum absolute atomic E-state index is 11.2. The predicted octanol–water partition coefficient (Wildman–Crippen LogP) is 1.81. The maximum Gasteiger partial charge on any atom is 0.0730 e. The summed E-state index contributed by atoms with van der Waals surface area (Å²) < 4.78 is 11.6. The summed E-state index contributed by atoms with van der Waals surface area (Å²) in [5, 5.41) is 11.2. The van der Waals surface area contributed by atoms with Crippen molar-refractivity contribution in [2.45, 2.75) is 56.1 Å². The Bertz CT molecular complexity index is 324. The van der Waals surface area contributed by atoms with Gasteiger partial charge in [-0.25, -0.2) is 0 Å². The topological polar surface area (TPSA) is 41.9 Å². The smallest absolute Gasteiger partial charge is 0.0730 e. The Balaban J connectivity index is 1.69.